The summed E-state index contributed by atoms with van der Waals surface area (Å²) in [6.07, 6.45) is 0.922. The van der Waals surface area contributed by atoms with Gasteiger partial charge in [0.1, 0.15) is 5.82 Å². The first kappa shape index (κ1) is 19.4. The highest BCUT2D eigenvalue weighted by molar-refractivity contribution is 6.31. The van der Waals surface area contributed by atoms with Gasteiger partial charge in [0.05, 0.1) is 6.04 Å². The highest BCUT2D eigenvalue weighted by Crippen LogP contribution is 2.34. The first-order valence-corrected chi connectivity index (χ1v) is 9.76. The zero-order chi connectivity index (χ0) is 20.7. The van der Waals surface area contributed by atoms with Crippen LogP contribution >= 0.6 is 11.6 Å². The smallest absolute Gasteiger partial charge is 0.321 e. The normalized spacial score (nSPS) is 23.3. The summed E-state index contributed by atoms with van der Waals surface area (Å²) >= 11 is 6.14. The molecule has 3 atom stereocenters. The number of urea groups is 1. The lowest BCUT2D eigenvalue weighted by Crippen LogP contribution is -2.41. The molecule has 9 heteroatoms. The number of nitrogens with one attached hydrogen (secondary N) is 1. The molecule has 152 valence electrons. The maximum absolute atomic E-state index is 12.7. The fourth-order valence-electron chi connectivity index (χ4n) is 3.87. The molecule has 1 N–H and O–H groups in total. The van der Waals surface area contributed by atoms with E-state index < -0.39 is 6.10 Å². The number of aromatic nitrogens is 2. The Bertz CT molecular complexity index is 969. The average Bonchev–Trinajstić information content (AvgIpc) is 3.20. The lowest BCUT2D eigenvalue weighted by Gasteiger charge is -2.22. The number of hydrogen-bond acceptors (Lipinski definition) is 5. The monoisotopic (exact) mass is 415 g/mol. The number of ether oxygens (including phenoxy) is 1. The van der Waals surface area contributed by atoms with E-state index in [9.17, 15) is 9.59 Å². The van der Waals surface area contributed by atoms with Crippen LogP contribution < -0.4 is 10.1 Å². The number of halogens is 1. The van der Waals surface area contributed by atoms with Gasteiger partial charge in [-0.05, 0) is 31.5 Å². The molecule has 0 bridgehead atoms. The quantitative estimate of drug-likeness (QED) is 0.832. The molecule has 2 aromatic rings. The van der Waals surface area contributed by atoms with Crippen molar-refractivity contribution in [2.75, 3.05) is 25.5 Å². The van der Waals surface area contributed by atoms with E-state index in [1.165, 1.54) is 0 Å². The minimum absolute atomic E-state index is 0.0946. The van der Waals surface area contributed by atoms with Gasteiger partial charge in [-0.25, -0.2) is 9.78 Å². The predicted octanol–water partition coefficient (Wildman–Crippen LogP) is 2.50. The number of aryl methyl sites for hydroxylation is 2. The summed E-state index contributed by atoms with van der Waals surface area (Å²) in [6, 6.07) is 6.71. The van der Waals surface area contributed by atoms with Gasteiger partial charge < -0.3 is 19.9 Å². The summed E-state index contributed by atoms with van der Waals surface area (Å²) in [5, 5.41) is 3.47. The Morgan fingerprint density at radius 2 is 2.07 bits per heavy atom. The standard InChI is InChI=1S/C20H22ClN5O3/c1-11-4-5-13(8-15(11)21)24-20(28)26-9-14-16(10-26)25(3)19(27)18(14)29-17-6-7-22-12(2)23-17/h4-8,14,16,18H,9-10H2,1-3H3,(H,24,28)/t14-,16+,18-/m0/s1. The Hall–Kier alpha value is -2.87. The molecule has 4 rings (SSSR count). The lowest BCUT2D eigenvalue weighted by atomic mass is 10.0. The number of carbonyl (C=O) groups excluding carboxylic acids is 2. The Kier molecular flexibility index (Phi) is 5.04. The van der Waals surface area contributed by atoms with Crippen molar-refractivity contribution in [3.05, 3.63) is 46.9 Å². The molecule has 1 aromatic heterocycles. The Morgan fingerprint density at radius 1 is 1.28 bits per heavy atom. The van der Waals surface area contributed by atoms with Crippen LogP contribution in [0.3, 0.4) is 0 Å². The van der Waals surface area contributed by atoms with E-state index in [0.717, 1.165) is 5.56 Å². The van der Waals surface area contributed by atoms with Crippen molar-refractivity contribution in [2.45, 2.75) is 26.0 Å². The van der Waals surface area contributed by atoms with E-state index in [1.54, 1.807) is 42.1 Å². The van der Waals surface area contributed by atoms with Crippen molar-refractivity contribution in [2.24, 2.45) is 5.92 Å². The maximum atomic E-state index is 12.7. The number of fused-ring (bicyclic) bond motifs is 1. The van der Waals surface area contributed by atoms with E-state index >= 15 is 0 Å². The van der Waals surface area contributed by atoms with E-state index in [0.29, 0.717) is 35.5 Å². The van der Waals surface area contributed by atoms with Crippen LogP contribution in [0, 0.1) is 19.8 Å². The SMILES string of the molecule is Cc1nccc(O[C@@H]2C(=O)N(C)[C@@H]3CN(C(=O)Nc4ccc(C)c(Cl)c4)C[C@H]23)n1. The summed E-state index contributed by atoms with van der Waals surface area (Å²) in [7, 11) is 1.75. The average molecular weight is 416 g/mol. The molecule has 0 radical (unpaired) electrons. The number of likely N-dealkylation sites (N-methyl/N-ethyl adjacent to an activating group) is 1. The van der Waals surface area contributed by atoms with Crippen LogP contribution in [-0.2, 0) is 4.79 Å². The van der Waals surface area contributed by atoms with E-state index in [1.807, 2.05) is 19.1 Å². The number of anilines is 1. The Morgan fingerprint density at radius 3 is 2.79 bits per heavy atom. The molecule has 2 aliphatic rings. The van der Waals surface area contributed by atoms with Crippen molar-refractivity contribution in [3.63, 3.8) is 0 Å². The first-order chi connectivity index (χ1) is 13.8. The molecule has 2 aliphatic heterocycles. The fourth-order valence-corrected chi connectivity index (χ4v) is 4.05. The lowest BCUT2D eigenvalue weighted by molar-refractivity contribution is -0.133. The summed E-state index contributed by atoms with van der Waals surface area (Å²) in [5.74, 6) is 0.709. The molecule has 0 saturated carbocycles. The van der Waals surface area contributed by atoms with Gasteiger partial charge >= 0.3 is 6.03 Å². The van der Waals surface area contributed by atoms with Crippen molar-refractivity contribution in [1.82, 2.24) is 19.8 Å². The molecule has 3 heterocycles. The van der Waals surface area contributed by atoms with Gasteiger partial charge in [0.25, 0.3) is 5.91 Å². The minimum Gasteiger partial charge on any atom is -0.464 e. The zero-order valence-electron chi connectivity index (χ0n) is 16.4. The van der Waals surface area contributed by atoms with E-state index in [4.69, 9.17) is 16.3 Å². The van der Waals surface area contributed by atoms with Crippen molar-refractivity contribution < 1.29 is 14.3 Å². The second kappa shape index (κ2) is 7.51. The molecule has 1 aromatic carbocycles. The fraction of sp³-hybridized carbons (Fsp3) is 0.400. The first-order valence-electron chi connectivity index (χ1n) is 9.38. The van der Waals surface area contributed by atoms with Gasteiger partial charge in [-0.1, -0.05) is 17.7 Å². The Balaban J connectivity index is 1.46. The van der Waals surface area contributed by atoms with Gasteiger partial charge in [0.15, 0.2) is 6.10 Å². The predicted molar refractivity (Wildman–Crippen MR) is 108 cm³/mol. The molecule has 29 heavy (non-hydrogen) atoms. The number of likely N-dealkylation sites (tertiary alicyclic amines) is 2. The third kappa shape index (κ3) is 3.72. The van der Waals surface area contributed by atoms with Crippen LogP contribution in [0.15, 0.2) is 30.5 Å². The maximum Gasteiger partial charge on any atom is 0.321 e. The summed E-state index contributed by atoms with van der Waals surface area (Å²) in [6.45, 7) is 4.53. The van der Waals surface area contributed by atoms with Crippen LogP contribution in [0.2, 0.25) is 5.02 Å². The van der Waals surface area contributed by atoms with Crippen LogP contribution in [0.4, 0.5) is 10.5 Å². The third-order valence-electron chi connectivity index (χ3n) is 5.52. The molecule has 0 unspecified atom stereocenters. The number of benzene rings is 1. The van der Waals surface area contributed by atoms with Crippen LogP contribution in [0.5, 0.6) is 5.88 Å². The van der Waals surface area contributed by atoms with Gasteiger partial charge in [0.2, 0.25) is 5.88 Å². The summed E-state index contributed by atoms with van der Waals surface area (Å²) in [5.41, 5.74) is 1.58. The van der Waals surface area contributed by atoms with Gasteiger partial charge in [-0.3, -0.25) is 4.79 Å². The molecule has 2 fully saturated rings. The van der Waals surface area contributed by atoms with Gasteiger partial charge in [-0.2, -0.15) is 4.98 Å². The van der Waals surface area contributed by atoms with E-state index in [2.05, 4.69) is 15.3 Å². The van der Waals surface area contributed by atoms with Crippen LogP contribution in [0.25, 0.3) is 0 Å². The van der Waals surface area contributed by atoms with Gasteiger partial charge in [0, 0.05) is 49.0 Å². The number of nitrogens with zero attached hydrogens (tertiary/aromatic N) is 4. The van der Waals surface area contributed by atoms with Crippen LogP contribution in [0.1, 0.15) is 11.4 Å². The largest absolute Gasteiger partial charge is 0.464 e. The summed E-state index contributed by atoms with van der Waals surface area (Å²) < 4.78 is 5.91. The highest BCUT2D eigenvalue weighted by Gasteiger charge is 2.53. The molecule has 2 saturated heterocycles. The van der Waals surface area contributed by atoms with E-state index in [-0.39, 0.29) is 23.9 Å². The molecule has 3 amide bonds. The topological polar surface area (TPSA) is 87.7 Å². The highest BCUT2D eigenvalue weighted by atomic mass is 35.5. The van der Waals surface area contributed by atoms with Crippen molar-refractivity contribution in [3.8, 4) is 5.88 Å². The third-order valence-corrected chi connectivity index (χ3v) is 5.93. The van der Waals surface area contributed by atoms with Crippen LogP contribution in [-0.4, -0.2) is 64.0 Å². The summed E-state index contributed by atoms with van der Waals surface area (Å²) in [4.78, 5) is 37.1. The molecule has 0 aliphatic carbocycles. The minimum atomic E-state index is -0.675. The number of hydrogen-bond donors (Lipinski definition) is 1. The Labute approximate surface area is 173 Å². The molecular weight excluding hydrogens is 394 g/mol. The molecule has 0 spiro atoms. The van der Waals surface area contributed by atoms with Crippen molar-refractivity contribution in [1.29, 1.82) is 0 Å². The van der Waals surface area contributed by atoms with Crippen molar-refractivity contribution >= 4 is 29.2 Å². The molecular formula is C20H22ClN5O3. The second-order valence-electron chi connectivity index (χ2n) is 7.46. The second-order valence-corrected chi connectivity index (χ2v) is 7.87. The number of rotatable bonds is 3. The number of amides is 3. The molecule has 8 nitrogen and oxygen atoms in total. The number of carbonyl (C=O) groups is 2. The zero-order valence-corrected chi connectivity index (χ0v) is 17.2. The van der Waals surface area contributed by atoms with Gasteiger partial charge in [-0.15, -0.1) is 0 Å².